The molecular formula is C18H18N2O2. The fraction of sp³-hybridized carbons (Fsp3) is 0.278. The van der Waals surface area contributed by atoms with Crippen molar-refractivity contribution < 1.29 is 4.92 Å². The topological polar surface area (TPSA) is 66.9 Å². The summed E-state index contributed by atoms with van der Waals surface area (Å²) < 4.78 is 0. The van der Waals surface area contributed by atoms with E-state index < -0.39 is 4.92 Å². The highest BCUT2D eigenvalue weighted by Crippen LogP contribution is 2.24. The lowest BCUT2D eigenvalue weighted by Crippen LogP contribution is -2.01. The second-order valence-electron chi connectivity index (χ2n) is 5.63. The number of hydrogen-bond acceptors (Lipinski definition) is 3. The number of nitro benzene ring substituents is 1. The average molecular weight is 294 g/mol. The highest BCUT2D eigenvalue weighted by Gasteiger charge is 2.13. The molecule has 0 aliphatic heterocycles. The molecule has 4 nitrogen and oxygen atoms in total. The fourth-order valence-electron chi connectivity index (χ4n) is 2.34. The van der Waals surface area contributed by atoms with Crippen molar-refractivity contribution in [1.82, 2.24) is 0 Å². The van der Waals surface area contributed by atoms with E-state index >= 15 is 0 Å². The van der Waals surface area contributed by atoms with Crippen LogP contribution >= 0.6 is 0 Å². The van der Waals surface area contributed by atoms with Gasteiger partial charge < -0.3 is 0 Å². The van der Waals surface area contributed by atoms with Gasteiger partial charge in [-0.05, 0) is 29.0 Å². The van der Waals surface area contributed by atoms with Crippen LogP contribution in [0, 0.1) is 21.4 Å². The Morgan fingerprint density at radius 2 is 1.59 bits per heavy atom. The van der Waals surface area contributed by atoms with Gasteiger partial charge in [-0.3, -0.25) is 10.1 Å². The molecule has 22 heavy (non-hydrogen) atoms. The molecular weight excluding hydrogens is 276 g/mol. The standard InChI is InChI=1S/C18H18N2O2/c1-13(2)15-5-3-14(4-6-15)11-17(12-19)16-7-9-18(10-8-16)20(21)22/h3-10,13,17H,11H2,1-2H3. The SMILES string of the molecule is CC(C)c1ccc(CC(C#N)c2ccc([N+](=O)[O-])cc2)cc1. The number of hydrogen-bond donors (Lipinski definition) is 0. The summed E-state index contributed by atoms with van der Waals surface area (Å²) in [4.78, 5) is 10.2. The van der Waals surface area contributed by atoms with Crippen molar-refractivity contribution in [2.45, 2.75) is 32.1 Å². The van der Waals surface area contributed by atoms with E-state index in [2.05, 4.69) is 32.0 Å². The van der Waals surface area contributed by atoms with Gasteiger partial charge in [0.05, 0.1) is 16.9 Å². The third-order valence-electron chi connectivity index (χ3n) is 3.75. The molecule has 0 aromatic heterocycles. The average Bonchev–Trinajstić information content (AvgIpc) is 2.53. The Kier molecular flexibility index (Phi) is 4.90. The van der Waals surface area contributed by atoms with Crippen molar-refractivity contribution >= 4 is 5.69 Å². The number of nitro groups is 1. The van der Waals surface area contributed by atoms with Gasteiger partial charge >= 0.3 is 0 Å². The van der Waals surface area contributed by atoms with E-state index in [1.54, 1.807) is 12.1 Å². The minimum Gasteiger partial charge on any atom is -0.258 e. The molecule has 0 saturated heterocycles. The zero-order chi connectivity index (χ0) is 16.1. The van der Waals surface area contributed by atoms with Crippen molar-refractivity contribution in [3.63, 3.8) is 0 Å². The van der Waals surface area contributed by atoms with Crippen LogP contribution in [0.25, 0.3) is 0 Å². The van der Waals surface area contributed by atoms with Crippen molar-refractivity contribution in [2.24, 2.45) is 0 Å². The maximum atomic E-state index is 10.7. The predicted molar refractivity (Wildman–Crippen MR) is 85.7 cm³/mol. The number of nitriles is 1. The molecule has 0 spiro atoms. The Morgan fingerprint density at radius 1 is 1.05 bits per heavy atom. The lowest BCUT2D eigenvalue weighted by Gasteiger charge is -2.11. The minimum atomic E-state index is -0.435. The predicted octanol–water partition coefficient (Wildman–Crippen LogP) is 4.57. The van der Waals surface area contributed by atoms with E-state index in [9.17, 15) is 15.4 Å². The second kappa shape index (κ2) is 6.86. The number of non-ortho nitro benzene ring substituents is 1. The zero-order valence-corrected chi connectivity index (χ0v) is 12.7. The molecule has 0 heterocycles. The first-order valence-electron chi connectivity index (χ1n) is 7.24. The van der Waals surface area contributed by atoms with Gasteiger partial charge in [0.15, 0.2) is 0 Å². The van der Waals surface area contributed by atoms with E-state index in [0.29, 0.717) is 12.3 Å². The quantitative estimate of drug-likeness (QED) is 0.599. The van der Waals surface area contributed by atoms with Crippen molar-refractivity contribution in [2.75, 3.05) is 0 Å². The molecule has 0 amide bonds. The maximum Gasteiger partial charge on any atom is 0.269 e. The molecule has 0 radical (unpaired) electrons. The lowest BCUT2D eigenvalue weighted by molar-refractivity contribution is -0.384. The van der Waals surface area contributed by atoms with E-state index in [1.165, 1.54) is 17.7 Å². The van der Waals surface area contributed by atoms with Gasteiger partial charge in [0, 0.05) is 12.1 Å². The fourth-order valence-corrected chi connectivity index (χ4v) is 2.34. The third-order valence-corrected chi connectivity index (χ3v) is 3.75. The molecule has 2 aromatic rings. The first kappa shape index (κ1) is 15.7. The molecule has 2 rings (SSSR count). The third kappa shape index (κ3) is 3.70. The zero-order valence-electron chi connectivity index (χ0n) is 12.7. The van der Waals surface area contributed by atoms with Crippen LogP contribution < -0.4 is 0 Å². The number of rotatable bonds is 5. The molecule has 0 N–H and O–H groups in total. The Morgan fingerprint density at radius 3 is 2.05 bits per heavy atom. The minimum absolute atomic E-state index is 0.0433. The van der Waals surface area contributed by atoms with Crippen molar-refractivity contribution in [3.05, 3.63) is 75.3 Å². The highest BCUT2D eigenvalue weighted by atomic mass is 16.6. The van der Waals surface area contributed by atoms with Gasteiger partial charge in [-0.25, -0.2) is 0 Å². The van der Waals surface area contributed by atoms with Crippen molar-refractivity contribution in [1.29, 1.82) is 5.26 Å². The molecule has 1 unspecified atom stereocenters. The van der Waals surface area contributed by atoms with E-state index in [1.807, 2.05) is 12.1 Å². The Hall–Kier alpha value is -2.67. The van der Waals surface area contributed by atoms with E-state index in [-0.39, 0.29) is 11.6 Å². The van der Waals surface area contributed by atoms with Gasteiger partial charge in [0.1, 0.15) is 0 Å². The largest absolute Gasteiger partial charge is 0.269 e. The molecule has 1 atom stereocenters. The lowest BCUT2D eigenvalue weighted by atomic mass is 9.92. The summed E-state index contributed by atoms with van der Waals surface area (Å²) in [6.07, 6.45) is 0.604. The first-order chi connectivity index (χ1) is 10.5. The normalized spacial score (nSPS) is 11.9. The van der Waals surface area contributed by atoms with Crippen LogP contribution in [0.5, 0.6) is 0 Å². The molecule has 0 fully saturated rings. The summed E-state index contributed by atoms with van der Waals surface area (Å²) in [6.45, 7) is 4.29. The molecule has 2 aromatic carbocycles. The maximum absolute atomic E-state index is 10.7. The summed E-state index contributed by atoms with van der Waals surface area (Å²) in [5.74, 6) is 0.182. The summed E-state index contributed by atoms with van der Waals surface area (Å²) in [5, 5.41) is 20.0. The van der Waals surface area contributed by atoms with Gasteiger partial charge in [-0.2, -0.15) is 5.26 Å². The number of benzene rings is 2. The van der Waals surface area contributed by atoms with Crippen molar-refractivity contribution in [3.8, 4) is 6.07 Å². The van der Waals surface area contributed by atoms with Crippen LogP contribution in [0.3, 0.4) is 0 Å². The second-order valence-corrected chi connectivity index (χ2v) is 5.63. The summed E-state index contributed by atoms with van der Waals surface area (Å²) in [6, 6.07) is 16.8. The first-order valence-corrected chi connectivity index (χ1v) is 7.24. The summed E-state index contributed by atoms with van der Waals surface area (Å²) >= 11 is 0. The molecule has 0 aliphatic carbocycles. The highest BCUT2D eigenvalue weighted by molar-refractivity contribution is 5.37. The van der Waals surface area contributed by atoms with Gasteiger partial charge in [0.25, 0.3) is 5.69 Å². The summed E-state index contributed by atoms with van der Waals surface area (Å²) in [7, 11) is 0. The molecule has 4 heteroatoms. The molecule has 0 bridgehead atoms. The van der Waals surface area contributed by atoms with Crippen LogP contribution in [0.15, 0.2) is 48.5 Å². The van der Waals surface area contributed by atoms with Gasteiger partial charge in [-0.1, -0.05) is 50.2 Å². The van der Waals surface area contributed by atoms with E-state index in [4.69, 9.17) is 0 Å². The van der Waals surface area contributed by atoms with Crippen LogP contribution in [-0.4, -0.2) is 4.92 Å². The monoisotopic (exact) mass is 294 g/mol. The molecule has 0 aliphatic rings. The van der Waals surface area contributed by atoms with Crippen LogP contribution in [0.4, 0.5) is 5.69 Å². The molecule has 112 valence electrons. The summed E-state index contributed by atoms with van der Waals surface area (Å²) in [5.41, 5.74) is 3.21. The van der Waals surface area contributed by atoms with Gasteiger partial charge in [-0.15, -0.1) is 0 Å². The molecule has 0 saturated carbocycles. The smallest absolute Gasteiger partial charge is 0.258 e. The van der Waals surface area contributed by atoms with Crippen LogP contribution in [-0.2, 0) is 6.42 Å². The Balaban J connectivity index is 2.15. The Labute approximate surface area is 130 Å². The van der Waals surface area contributed by atoms with Gasteiger partial charge in [0.2, 0.25) is 0 Å². The van der Waals surface area contributed by atoms with Crippen LogP contribution in [0.2, 0.25) is 0 Å². The van der Waals surface area contributed by atoms with E-state index in [0.717, 1.165) is 11.1 Å². The number of nitrogens with zero attached hydrogens (tertiary/aromatic N) is 2. The van der Waals surface area contributed by atoms with Crippen LogP contribution in [0.1, 0.15) is 42.4 Å². The Bertz CT molecular complexity index is 683.